The molecule has 7 nitrogen and oxygen atoms in total. The molecular weight excluding hydrogens is 286 g/mol. The van der Waals surface area contributed by atoms with Crippen LogP contribution in [0.15, 0.2) is 18.2 Å². The predicted octanol–water partition coefficient (Wildman–Crippen LogP) is -0.289. The van der Waals surface area contributed by atoms with Crippen LogP contribution in [0, 0.1) is 6.92 Å². The molecule has 22 heavy (non-hydrogen) atoms. The third kappa shape index (κ3) is 6.55. The second kappa shape index (κ2) is 9.75. The van der Waals surface area contributed by atoms with Gasteiger partial charge in [0.25, 0.3) is 0 Å². The van der Waals surface area contributed by atoms with Crippen LogP contribution in [-0.4, -0.2) is 45.2 Å². The van der Waals surface area contributed by atoms with E-state index in [1.165, 1.54) is 0 Å². The van der Waals surface area contributed by atoms with Gasteiger partial charge in [-0.15, -0.1) is 0 Å². The van der Waals surface area contributed by atoms with Gasteiger partial charge in [-0.1, -0.05) is 12.1 Å². The first-order valence-corrected chi connectivity index (χ1v) is 7.01. The van der Waals surface area contributed by atoms with Crippen molar-refractivity contribution < 1.29 is 19.1 Å². The summed E-state index contributed by atoms with van der Waals surface area (Å²) in [7, 11) is 1.61. The molecule has 0 heterocycles. The predicted molar refractivity (Wildman–Crippen MR) is 82.5 cm³/mol. The molecule has 0 saturated heterocycles. The van der Waals surface area contributed by atoms with Crippen LogP contribution in [0.25, 0.3) is 0 Å². The highest BCUT2D eigenvalue weighted by Crippen LogP contribution is 2.20. The molecule has 0 aromatic heterocycles. The highest BCUT2D eigenvalue weighted by atomic mass is 16.5. The van der Waals surface area contributed by atoms with Crippen molar-refractivity contribution in [1.82, 2.24) is 10.6 Å². The van der Waals surface area contributed by atoms with Gasteiger partial charge in [-0.25, -0.2) is 0 Å². The molecule has 4 N–H and O–H groups in total. The van der Waals surface area contributed by atoms with Crippen LogP contribution >= 0.6 is 0 Å². The third-order valence-corrected chi connectivity index (χ3v) is 2.88. The molecule has 0 saturated carbocycles. The lowest BCUT2D eigenvalue weighted by Crippen LogP contribution is -2.39. The number of nitrogens with one attached hydrogen (secondary N) is 2. The maximum Gasteiger partial charge on any atom is 0.239 e. The Morgan fingerprint density at radius 3 is 2.64 bits per heavy atom. The average molecular weight is 309 g/mol. The monoisotopic (exact) mass is 309 g/mol. The lowest BCUT2D eigenvalue weighted by molar-refractivity contribution is -0.125. The Bertz CT molecular complexity index is 506. The van der Waals surface area contributed by atoms with E-state index < -0.39 is 0 Å². The molecule has 1 aromatic carbocycles. The first-order chi connectivity index (χ1) is 10.6. The van der Waals surface area contributed by atoms with E-state index >= 15 is 0 Å². The molecule has 1 rings (SSSR count). The number of benzene rings is 1. The fourth-order valence-electron chi connectivity index (χ4n) is 1.68. The fraction of sp³-hybridized carbons (Fsp3) is 0.467. The number of amides is 2. The van der Waals surface area contributed by atoms with E-state index in [1.807, 2.05) is 25.1 Å². The number of nitrogens with two attached hydrogens (primary N) is 1. The maximum absolute atomic E-state index is 11.6. The van der Waals surface area contributed by atoms with E-state index in [9.17, 15) is 9.59 Å². The second-order valence-corrected chi connectivity index (χ2v) is 4.71. The van der Waals surface area contributed by atoms with E-state index in [1.54, 1.807) is 7.11 Å². The van der Waals surface area contributed by atoms with Crippen LogP contribution in [0.2, 0.25) is 0 Å². The van der Waals surface area contributed by atoms with E-state index in [2.05, 4.69) is 10.6 Å². The summed E-state index contributed by atoms with van der Waals surface area (Å²) < 4.78 is 10.6. The van der Waals surface area contributed by atoms with Gasteiger partial charge in [0.05, 0.1) is 19.7 Å². The van der Waals surface area contributed by atoms with Crippen LogP contribution in [-0.2, 0) is 20.9 Å². The van der Waals surface area contributed by atoms with Crippen molar-refractivity contribution in [3.8, 4) is 5.75 Å². The topological polar surface area (TPSA) is 103 Å². The number of carbonyl (C=O) groups is 2. The van der Waals surface area contributed by atoms with Gasteiger partial charge in [-0.2, -0.15) is 0 Å². The number of carbonyl (C=O) groups excluding carboxylic acids is 2. The summed E-state index contributed by atoms with van der Waals surface area (Å²) in [5, 5.41) is 5.13. The molecule has 0 unspecified atom stereocenters. The Kier molecular flexibility index (Phi) is 7.95. The highest BCUT2D eigenvalue weighted by Gasteiger charge is 2.08. The molecule has 1 aromatic rings. The van der Waals surface area contributed by atoms with E-state index in [0.717, 1.165) is 11.1 Å². The van der Waals surface area contributed by atoms with Gasteiger partial charge in [-0.3, -0.25) is 9.59 Å². The number of rotatable bonds is 9. The van der Waals surface area contributed by atoms with Crippen molar-refractivity contribution in [2.24, 2.45) is 5.73 Å². The Balaban J connectivity index is 2.53. The molecule has 0 atom stereocenters. The largest absolute Gasteiger partial charge is 0.491 e. The van der Waals surface area contributed by atoms with Crippen LogP contribution < -0.4 is 21.1 Å². The van der Waals surface area contributed by atoms with Crippen molar-refractivity contribution in [2.45, 2.75) is 13.5 Å². The van der Waals surface area contributed by atoms with Crippen LogP contribution in [0.1, 0.15) is 11.1 Å². The van der Waals surface area contributed by atoms with Crippen molar-refractivity contribution in [2.75, 3.05) is 33.4 Å². The van der Waals surface area contributed by atoms with Gasteiger partial charge in [0.15, 0.2) is 0 Å². The Labute approximate surface area is 130 Å². The molecule has 0 bridgehead atoms. The summed E-state index contributed by atoms with van der Waals surface area (Å²) >= 11 is 0. The molecule has 0 aliphatic carbocycles. The summed E-state index contributed by atoms with van der Waals surface area (Å²) in [6.45, 7) is 2.98. The first kappa shape index (κ1) is 17.9. The minimum absolute atomic E-state index is 0.0955. The smallest absolute Gasteiger partial charge is 0.239 e. The second-order valence-electron chi connectivity index (χ2n) is 4.71. The normalized spacial score (nSPS) is 10.1. The third-order valence-electron chi connectivity index (χ3n) is 2.88. The summed E-state index contributed by atoms with van der Waals surface area (Å²) in [5.41, 5.74) is 7.07. The van der Waals surface area contributed by atoms with Crippen molar-refractivity contribution in [3.63, 3.8) is 0 Å². The summed E-state index contributed by atoms with van der Waals surface area (Å²) in [5.74, 6) is 0.0580. The standard InChI is InChI=1S/C15H23N3O4/c1-11-3-4-12(13(7-11)22-6-5-21-2)9-17-15(20)10-18-14(19)8-16/h3-4,7H,5-6,8-10,16H2,1-2H3,(H,17,20)(H,18,19). The molecule has 2 amide bonds. The average Bonchev–Trinajstić information content (AvgIpc) is 2.52. The minimum atomic E-state index is -0.367. The van der Waals surface area contributed by atoms with Gasteiger partial charge in [0.1, 0.15) is 12.4 Å². The van der Waals surface area contributed by atoms with Crippen molar-refractivity contribution in [3.05, 3.63) is 29.3 Å². The first-order valence-electron chi connectivity index (χ1n) is 7.01. The molecule has 0 aliphatic heterocycles. The molecule has 7 heteroatoms. The quantitative estimate of drug-likeness (QED) is 0.544. The number of hydrogen-bond donors (Lipinski definition) is 3. The lowest BCUT2D eigenvalue weighted by atomic mass is 10.1. The van der Waals surface area contributed by atoms with Gasteiger partial charge < -0.3 is 25.8 Å². The Morgan fingerprint density at radius 1 is 1.18 bits per heavy atom. The fourth-order valence-corrected chi connectivity index (χ4v) is 1.68. The molecule has 0 radical (unpaired) electrons. The maximum atomic E-state index is 11.6. The van der Waals surface area contributed by atoms with E-state index in [0.29, 0.717) is 25.5 Å². The number of hydrogen-bond acceptors (Lipinski definition) is 5. The van der Waals surface area contributed by atoms with Crippen LogP contribution in [0.4, 0.5) is 0 Å². The molecular formula is C15H23N3O4. The lowest BCUT2D eigenvalue weighted by Gasteiger charge is -2.13. The molecule has 0 spiro atoms. The summed E-state index contributed by atoms with van der Waals surface area (Å²) in [6, 6.07) is 5.75. The molecule has 0 fully saturated rings. The van der Waals surface area contributed by atoms with Crippen molar-refractivity contribution >= 4 is 11.8 Å². The highest BCUT2D eigenvalue weighted by molar-refractivity contribution is 5.85. The molecule has 122 valence electrons. The zero-order chi connectivity index (χ0) is 16.4. The zero-order valence-electron chi connectivity index (χ0n) is 13.0. The van der Waals surface area contributed by atoms with E-state index in [-0.39, 0.29) is 24.9 Å². The molecule has 0 aliphatic rings. The van der Waals surface area contributed by atoms with Gasteiger partial charge in [-0.05, 0) is 18.6 Å². The van der Waals surface area contributed by atoms with Gasteiger partial charge >= 0.3 is 0 Å². The zero-order valence-corrected chi connectivity index (χ0v) is 13.0. The SMILES string of the molecule is COCCOc1cc(C)ccc1CNC(=O)CNC(=O)CN. The Hall–Kier alpha value is -2.12. The summed E-state index contributed by atoms with van der Waals surface area (Å²) in [4.78, 5) is 22.6. The van der Waals surface area contributed by atoms with Gasteiger partial charge in [0, 0.05) is 19.2 Å². The van der Waals surface area contributed by atoms with E-state index in [4.69, 9.17) is 15.2 Å². The van der Waals surface area contributed by atoms with Gasteiger partial charge in [0.2, 0.25) is 11.8 Å². The number of ether oxygens (including phenoxy) is 2. The van der Waals surface area contributed by atoms with Crippen LogP contribution in [0.3, 0.4) is 0 Å². The minimum Gasteiger partial charge on any atom is -0.491 e. The Morgan fingerprint density at radius 2 is 1.95 bits per heavy atom. The van der Waals surface area contributed by atoms with Crippen LogP contribution in [0.5, 0.6) is 5.75 Å². The summed E-state index contributed by atoms with van der Waals surface area (Å²) in [6.07, 6.45) is 0. The number of aryl methyl sites for hydroxylation is 1. The number of methoxy groups -OCH3 is 1. The van der Waals surface area contributed by atoms with Crippen molar-refractivity contribution in [1.29, 1.82) is 0 Å².